The Morgan fingerprint density at radius 3 is 2.40 bits per heavy atom. The van der Waals surface area contributed by atoms with E-state index in [1.807, 2.05) is 30.3 Å². The number of imidazole rings is 1. The zero-order valence-electron chi connectivity index (χ0n) is 23.6. The minimum atomic E-state index is -4.63. The SMILES string of the molecule is CC(C)(C)OC(=O)N[C@@](C)(CO)c1nc(-c2ccc(Sc3cccc(OCc4ccccc4)c3)c(C(F)(F)F)c2)c[nH]1. The number of rotatable bonds is 9. The zero-order chi connectivity index (χ0) is 30.5. The van der Waals surface area contributed by atoms with Crippen LogP contribution in [0.15, 0.2) is 88.8 Å². The van der Waals surface area contributed by atoms with Crippen molar-refractivity contribution in [1.82, 2.24) is 15.3 Å². The lowest BCUT2D eigenvalue weighted by atomic mass is 10.0. The van der Waals surface area contributed by atoms with Crippen LogP contribution < -0.4 is 10.1 Å². The number of carbonyl (C=O) groups excluding carboxylic acids is 1. The van der Waals surface area contributed by atoms with Crippen molar-refractivity contribution in [2.24, 2.45) is 0 Å². The third-order valence-corrected chi connectivity index (χ3v) is 7.12. The predicted octanol–water partition coefficient (Wildman–Crippen LogP) is 7.56. The van der Waals surface area contributed by atoms with E-state index in [2.05, 4.69) is 15.3 Å². The van der Waals surface area contributed by atoms with Gasteiger partial charge in [0.05, 0.1) is 17.9 Å². The summed E-state index contributed by atoms with van der Waals surface area (Å²) in [6, 6.07) is 20.5. The second-order valence-corrected chi connectivity index (χ2v) is 11.9. The van der Waals surface area contributed by atoms with Gasteiger partial charge < -0.3 is 24.9 Å². The van der Waals surface area contributed by atoms with Crippen molar-refractivity contribution in [2.45, 2.75) is 61.4 Å². The molecule has 7 nitrogen and oxygen atoms in total. The maximum absolute atomic E-state index is 14.2. The van der Waals surface area contributed by atoms with Gasteiger partial charge in [0.1, 0.15) is 29.3 Å². The molecule has 1 amide bonds. The molecule has 0 bridgehead atoms. The third kappa shape index (κ3) is 8.07. The number of carbonyl (C=O) groups is 1. The van der Waals surface area contributed by atoms with E-state index >= 15 is 0 Å². The van der Waals surface area contributed by atoms with Crippen LogP contribution in [0.2, 0.25) is 0 Å². The fourth-order valence-electron chi connectivity index (χ4n) is 3.95. The van der Waals surface area contributed by atoms with Gasteiger partial charge >= 0.3 is 12.3 Å². The van der Waals surface area contributed by atoms with Gasteiger partial charge in [-0.2, -0.15) is 13.2 Å². The van der Waals surface area contributed by atoms with Gasteiger partial charge in [0.25, 0.3) is 0 Å². The molecule has 4 rings (SSSR count). The molecule has 42 heavy (non-hydrogen) atoms. The lowest BCUT2D eigenvalue weighted by Crippen LogP contribution is -2.48. The molecule has 0 spiro atoms. The summed E-state index contributed by atoms with van der Waals surface area (Å²) in [5, 5.41) is 12.6. The molecule has 0 saturated carbocycles. The van der Waals surface area contributed by atoms with Crippen LogP contribution in [0, 0.1) is 0 Å². The van der Waals surface area contributed by atoms with Crippen molar-refractivity contribution in [1.29, 1.82) is 0 Å². The summed E-state index contributed by atoms with van der Waals surface area (Å²) in [5.41, 5.74) is -1.54. The Kier molecular flexibility index (Phi) is 9.22. The van der Waals surface area contributed by atoms with Crippen LogP contribution in [0.5, 0.6) is 5.75 Å². The number of aliphatic hydroxyl groups is 1. The Balaban J connectivity index is 1.55. The Labute approximate surface area is 246 Å². The molecule has 0 unspecified atom stereocenters. The van der Waals surface area contributed by atoms with Crippen molar-refractivity contribution in [3.05, 3.63) is 95.9 Å². The number of nitrogens with zero attached hydrogens (tertiary/aromatic N) is 1. The topological polar surface area (TPSA) is 96.5 Å². The number of hydrogen-bond donors (Lipinski definition) is 3. The molecule has 0 radical (unpaired) electrons. The van der Waals surface area contributed by atoms with E-state index in [9.17, 15) is 23.1 Å². The van der Waals surface area contributed by atoms with E-state index in [-0.39, 0.29) is 22.0 Å². The first-order chi connectivity index (χ1) is 19.8. The molecule has 0 fully saturated rings. The van der Waals surface area contributed by atoms with Crippen LogP contribution in [0.1, 0.15) is 44.6 Å². The van der Waals surface area contributed by atoms with Gasteiger partial charge in [-0.05, 0) is 63.6 Å². The van der Waals surface area contributed by atoms with Gasteiger partial charge in [0.15, 0.2) is 0 Å². The van der Waals surface area contributed by atoms with Gasteiger partial charge in [-0.25, -0.2) is 9.78 Å². The van der Waals surface area contributed by atoms with Crippen LogP contribution in [-0.4, -0.2) is 33.4 Å². The van der Waals surface area contributed by atoms with Crippen LogP contribution in [-0.2, 0) is 23.1 Å². The maximum Gasteiger partial charge on any atom is 0.417 e. The number of aliphatic hydroxyl groups excluding tert-OH is 1. The Morgan fingerprint density at radius 1 is 1.00 bits per heavy atom. The van der Waals surface area contributed by atoms with Crippen LogP contribution in [0.25, 0.3) is 11.3 Å². The molecule has 1 heterocycles. The smallest absolute Gasteiger partial charge is 0.417 e. The van der Waals surface area contributed by atoms with Crippen LogP contribution >= 0.6 is 11.8 Å². The van der Waals surface area contributed by atoms with Crippen molar-refractivity contribution >= 4 is 17.9 Å². The highest BCUT2D eigenvalue weighted by molar-refractivity contribution is 7.99. The number of amides is 1. The average molecular weight is 600 g/mol. The highest BCUT2D eigenvalue weighted by Crippen LogP contribution is 2.42. The molecule has 3 N–H and O–H groups in total. The number of aromatic nitrogens is 2. The number of ether oxygens (including phenoxy) is 2. The first-order valence-corrected chi connectivity index (χ1v) is 13.9. The Bertz CT molecular complexity index is 1520. The van der Waals surface area contributed by atoms with Gasteiger partial charge in [0, 0.05) is 21.6 Å². The van der Waals surface area contributed by atoms with Crippen LogP contribution in [0.3, 0.4) is 0 Å². The van der Waals surface area contributed by atoms with Crippen molar-refractivity contribution in [2.75, 3.05) is 6.61 Å². The number of halogens is 3. The Hall–Kier alpha value is -3.96. The molecule has 1 aromatic heterocycles. The number of alkyl halides is 3. The Morgan fingerprint density at radius 2 is 1.74 bits per heavy atom. The van der Waals surface area contributed by atoms with Gasteiger partial charge in [-0.3, -0.25) is 0 Å². The highest BCUT2D eigenvalue weighted by Gasteiger charge is 2.36. The molecule has 0 aliphatic rings. The molecule has 4 aromatic rings. The minimum Gasteiger partial charge on any atom is -0.489 e. The molecule has 11 heteroatoms. The fraction of sp³-hybridized carbons (Fsp3) is 0.290. The van der Waals surface area contributed by atoms with E-state index in [1.54, 1.807) is 51.1 Å². The number of alkyl carbamates (subject to hydrolysis) is 1. The van der Waals surface area contributed by atoms with E-state index in [0.29, 0.717) is 17.3 Å². The molecule has 1 atom stereocenters. The van der Waals surface area contributed by atoms with E-state index in [4.69, 9.17) is 9.47 Å². The molecular formula is C31H32F3N3O4S. The number of aromatic amines is 1. The van der Waals surface area contributed by atoms with Gasteiger partial charge in [-0.15, -0.1) is 0 Å². The maximum atomic E-state index is 14.2. The molecule has 0 aliphatic heterocycles. The van der Waals surface area contributed by atoms with Crippen molar-refractivity contribution in [3.63, 3.8) is 0 Å². The minimum absolute atomic E-state index is 0.0222. The monoisotopic (exact) mass is 599 g/mol. The van der Waals surface area contributed by atoms with E-state index in [1.165, 1.54) is 19.2 Å². The molecule has 222 valence electrons. The molecule has 0 saturated heterocycles. The first kappa shape index (κ1) is 31.0. The summed E-state index contributed by atoms with van der Waals surface area (Å²) in [4.78, 5) is 20.2. The lowest BCUT2D eigenvalue weighted by Gasteiger charge is -2.28. The largest absolute Gasteiger partial charge is 0.489 e. The number of nitrogens with one attached hydrogen (secondary N) is 2. The standard InChI is InChI=1S/C31H32F3N3O4S/c1-29(2,3)41-28(39)37-30(4,19-38)27-35-17-25(36-27)21-13-14-26(24(15-21)31(32,33)34)42-23-12-8-11-22(16-23)40-18-20-9-6-5-7-10-20/h5-17,38H,18-19H2,1-4H3,(H,35,36)(H,37,39)/t30-/m0/s1. The normalized spacial score (nSPS) is 13.3. The second-order valence-electron chi connectivity index (χ2n) is 10.8. The quantitative estimate of drug-likeness (QED) is 0.184. The number of H-pyrrole nitrogens is 1. The highest BCUT2D eigenvalue weighted by atomic mass is 32.2. The third-order valence-electron chi connectivity index (χ3n) is 6.06. The summed E-state index contributed by atoms with van der Waals surface area (Å²) < 4.78 is 53.7. The van der Waals surface area contributed by atoms with Gasteiger partial charge in [0.2, 0.25) is 0 Å². The average Bonchev–Trinajstić information content (AvgIpc) is 3.42. The van der Waals surface area contributed by atoms with E-state index < -0.39 is 35.6 Å². The lowest BCUT2D eigenvalue weighted by molar-refractivity contribution is -0.139. The predicted molar refractivity (Wildman–Crippen MR) is 154 cm³/mol. The summed E-state index contributed by atoms with van der Waals surface area (Å²) in [7, 11) is 0. The summed E-state index contributed by atoms with van der Waals surface area (Å²) in [6.45, 7) is 6.43. The first-order valence-electron chi connectivity index (χ1n) is 13.1. The van der Waals surface area contributed by atoms with Gasteiger partial charge in [-0.1, -0.05) is 54.2 Å². The molecule has 0 aliphatic carbocycles. The van der Waals surface area contributed by atoms with E-state index in [0.717, 1.165) is 23.4 Å². The fourth-order valence-corrected chi connectivity index (χ4v) is 4.95. The molecule has 3 aromatic carbocycles. The van der Waals surface area contributed by atoms with Crippen molar-refractivity contribution < 1.29 is 32.5 Å². The van der Waals surface area contributed by atoms with Crippen molar-refractivity contribution in [3.8, 4) is 17.0 Å². The second kappa shape index (κ2) is 12.5. The van der Waals surface area contributed by atoms with Crippen LogP contribution in [0.4, 0.5) is 18.0 Å². The summed E-state index contributed by atoms with van der Waals surface area (Å²) >= 11 is 0.982. The summed E-state index contributed by atoms with van der Waals surface area (Å²) in [6.07, 6.45) is -3.97. The number of benzene rings is 3. The zero-order valence-corrected chi connectivity index (χ0v) is 24.4. The number of hydrogen-bond acceptors (Lipinski definition) is 6. The summed E-state index contributed by atoms with van der Waals surface area (Å²) in [5.74, 6) is 0.704. The molecular weight excluding hydrogens is 567 g/mol.